The second-order valence-electron chi connectivity index (χ2n) is 9.84. The molecule has 0 spiro atoms. The first kappa shape index (κ1) is 25.1. The summed E-state index contributed by atoms with van der Waals surface area (Å²) < 4.78 is 3.89. The van der Waals surface area contributed by atoms with E-state index in [0.29, 0.717) is 41.9 Å². The van der Waals surface area contributed by atoms with Crippen molar-refractivity contribution in [2.45, 2.75) is 47.2 Å². The third kappa shape index (κ3) is 5.00. The molecular formula is C27H31N5O4. The summed E-state index contributed by atoms with van der Waals surface area (Å²) in [5, 5.41) is 7.58. The number of aryl methyl sites for hydroxylation is 1. The van der Waals surface area contributed by atoms with Crippen LogP contribution in [0.2, 0.25) is 0 Å². The summed E-state index contributed by atoms with van der Waals surface area (Å²) in [6.45, 7) is 8.70. The van der Waals surface area contributed by atoms with Crippen molar-refractivity contribution >= 4 is 28.4 Å². The van der Waals surface area contributed by atoms with Crippen LogP contribution in [-0.2, 0) is 13.1 Å². The van der Waals surface area contributed by atoms with E-state index < -0.39 is 5.69 Å². The number of nitrogens with zero attached hydrogens (tertiary/aromatic N) is 4. The number of benzene rings is 2. The van der Waals surface area contributed by atoms with Crippen molar-refractivity contribution in [2.75, 3.05) is 6.54 Å². The molecule has 0 aliphatic carbocycles. The highest BCUT2D eigenvalue weighted by Crippen LogP contribution is 2.16. The molecule has 2 heterocycles. The summed E-state index contributed by atoms with van der Waals surface area (Å²) in [5.41, 5.74) is 0.254. The van der Waals surface area contributed by atoms with E-state index in [0.717, 1.165) is 4.68 Å². The molecule has 36 heavy (non-hydrogen) atoms. The molecule has 0 unspecified atom stereocenters. The molecule has 4 aromatic rings. The summed E-state index contributed by atoms with van der Waals surface area (Å²) in [7, 11) is 0. The van der Waals surface area contributed by atoms with Crippen LogP contribution >= 0.6 is 0 Å². The molecule has 0 atom stereocenters. The van der Waals surface area contributed by atoms with Gasteiger partial charge in [0.05, 0.1) is 10.9 Å². The van der Waals surface area contributed by atoms with Crippen molar-refractivity contribution < 1.29 is 9.59 Å². The van der Waals surface area contributed by atoms with Crippen molar-refractivity contribution in [3.8, 4) is 0 Å². The fourth-order valence-electron chi connectivity index (χ4n) is 4.00. The highest BCUT2D eigenvalue weighted by Gasteiger charge is 2.20. The number of hydrogen-bond acceptors (Lipinski definition) is 5. The van der Waals surface area contributed by atoms with Crippen molar-refractivity contribution in [2.24, 2.45) is 11.8 Å². The van der Waals surface area contributed by atoms with Gasteiger partial charge in [-0.25, -0.2) is 13.9 Å². The molecule has 188 valence electrons. The van der Waals surface area contributed by atoms with Gasteiger partial charge in [-0.1, -0.05) is 58.0 Å². The topological polar surface area (TPSA) is 107 Å². The number of amides is 1. The lowest BCUT2D eigenvalue weighted by Gasteiger charge is -2.12. The molecule has 0 aliphatic rings. The van der Waals surface area contributed by atoms with Gasteiger partial charge in [-0.3, -0.25) is 19.0 Å². The maximum Gasteiger partial charge on any atom is 0.352 e. The number of Topliss-reactive ketones (excluding diaryl/α,β-unsaturated/α-hetero) is 1. The molecule has 9 heteroatoms. The van der Waals surface area contributed by atoms with Crippen LogP contribution in [0.25, 0.3) is 16.7 Å². The maximum atomic E-state index is 13.5. The average Bonchev–Trinajstić information content (AvgIpc) is 3.18. The SMILES string of the molecule is CC(C)CCn1c(=O)c2ccc(C(=O)NCC(C)C)cc2n2c(=O)n(CC(=O)c3ccccc3)nc12. The Balaban J connectivity index is 1.89. The Kier molecular flexibility index (Phi) is 7.19. The summed E-state index contributed by atoms with van der Waals surface area (Å²) in [6.07, 6.45) is 0.709. The molecule has 1 N–H and O–H groups in total. The fourth-order valence-corrected chi connectivity index (χ4v) is 4.00. The molecule has 0 fully saturated rings. The van der Waals surface area contributed by atoms with Gasteiger partial charge < -0.3 is 5.32 Å². The van der Waals surface area contributed by atoms with E-state index >= 15 is 0 Å². The van der Waals surface area contributed by atoms with Gasteiger partial charge in [0.15, 0.2) is 5.78 Å². The average molecular weight is 490 g/mol. The van der Waals surface area contributed by atoms with E-state index in [1.54, 1.807) is 42.5 Å². The van der Waals surface area contributed by atoms with Crippen molar-refractivity contribution in [1.82, 2.24) is 24.1 Å². The number of rotatable bonds is 9. The highest BCUT2D eigenvalue weighted by atomic mass is 16.2. The third-order valence-electron chi connectivity index (χ3n) is 6.03. The van der Waals surface area contributed by atoms with Crippen LogP contribution in [0.15, 0.2) is 58.1 Å². The van der Waals surface area contributed by atoms with Gasteiger partial charge >= 0.3 is 5.69 Å². The van der Waals surface area contributed by atoms with E-state index in [9.17, 15) is 19.2 Å². The lowest BCUT2D eigenvalue weighted by atomic mass is 10.1. The minimum Gasteiger partial charge on any atom is -0.352 e. The predicted octanol–water partition coefficient (Wildman–Crippen LogP) is 3.13. The number of aromatic nitrogens is 4. The van der Waals surface area contributed by atoms with Gasteiger partial charge in [0.2, 0.25) is 5.78 Å². The Morgan fingerprint density at radius 1 is 0.944 bits per heavy atom. The number of ketones is 1. The molecular weight excluding hydrogens is 458 g/mol. The first-order valence-electron chi connectivity index (χ1n) is 12.2. The summed E-state index contributed by atoms with van der Waals surface area (Å²) in [6, 6.07) is 13.4. The van der Waals surface area contributed by atoms with Gasteiger partial charge in [-0.15, -0.1) is 5.10 Å². The van der Waals surface area contributed by atoms with E-state index in [-0.39, 0.29) is 41.0 Å². The normalized spacial score (nSPS) is 11.6. The van der Waals surface area contributed by atoms with E-state index in [1.807, 2.05) is 19.9 Å². The summed E-state index contributed by atoms with van der Waals surface area (Å²) in [5.74, 6) is 0.196. The van der Waals surface area contributed by atoms with Gasteiger partial charge in [0, 0.05) is 24.2 Å². The zero-order valence-corrected chi connectivity index (χ0v) is 21.0. The highest BCUT2D eigenvalue weighted by molar-refractivity contribution is 5.98. The third-order valence-corrected chi connectivity index (χ3v) is 6.03. The molecule has 0 radical (unpaired) electrons. The second-order valence-corrected chi connectivity index (χ2v) is 9.84. The quantitative estimate of drug-likeness (QED) is 0.364. The van der Waals surface area contributed by atoms with Crippen molar-refractivity contribution in [3.63, 3.8) is 0 Å². The van der Waals surface area contributed by atoms with Crippen LogP contribution in [0.4, 0.5) is 0 Å². The van der Waals surface area contributed by atoms with E-state index in [4.69, 9.17) is 0 Å². The predicted molar refractivity (Wildman–Crippen MR) is 139 cm³/mol. The van der Waals surface area contributed by atoms with Crippen LogP contribution in [0.1, 0.15) is 54.8 Å². The molecule has 0 bridgehead atoms. The van der Waals surface area contributed by atoms with Gasteiger partial charge in [0.1, 0.15) is 6.54 Å². The zero-order valence-electron chi connectivity index (χ0n) is 21.0. The number of fused-ring (bicyclic) bond motifs is 3. The first-order valence-corrected chi connectivity index (χ1v) is 12.2. The first-order chi connectivity index (χ1) is 17.2. The van der Waals surface area contributed by atoms with Crippen LogP contribution in [0, 0.1) is 11.8 Å². The Morgan fingerprint density at radius 2 is 1.67 bits per heavy atom. The number of carbonyl (C=O) groups excluding carboxylic acids is 2. The smallest absolute Gasteiger partial charge is 0.352 e. The van der Waals surface area contributed by atoms with E-state index in [1.165, 1.54) is 8.97 Å². The van der Waals surface area contributed by atoms with E-state index in [2.05, 4.69) is 24.3 Å². The number of nitrogens with one attached hydrogen (secondary N) is 1. The molecule has 4 rings (SSSR count). The Morgan fingerprint density at radius 3 is 2.33 bits per heavy atom. The van der Waals surface area contributed by atoms with Gasteiger partial charge in [0.25, 0.3) is 11.5 Å². The maximum absolute atomic E-state index is 13.5. The molecule has 0 saturated carbocycles. The number of carbonyl (C=O) groups is 2. The molecule has 2 aromatic heterocycles. The van der Waals surface area contributed by atoms with Crippen LogP contribution in [-0.4, -0.2) is 37.0 Å². The summed E-state index contributed by atoms with van der Waals surface area (Å²) in [4.78, 5) is 52.5. The standard InChI is InChI=1S/C27H31N5O4/c1-17(2)12-13-30-25(35)21-11-10-20(24(34)28-15-18(3)4)14-22(21)32-26(30)29-31(27(32)36)16-23(33)19-8-6-5-7-9-19/h5-11,14,17-18H,12-13,15-16H2,1-4H3,(H,28,34). The zero-order chi connectivity index (χ0) is 26.0. The molecule has 2 aromatic carbocycles. The lowest BCUT2D eigenvalue weighted by molar-refractivity contribution is 0.0946. The van der Waals surface area contributed by atoms with Crippen molar-refractivity contribution in [1.29, 1.82) is 0 Å². The largest absolute Gasteiger partial charge is 0.352 e. The Bertz CT molecular complexity index is 1540. The van der Waals surface area contributed by atoms with Crippen LogP contribution in [0.3, 0.4) is 0 Å². The molecule has 0 aliphatic heterocycles. The minimum absolute atomic E-state index is 0.152. The molecule has 1 amide bonds. The Labute approximate surface area is 208 Å². The van der Waals surface area contributed by atoms with Gasteiger partial charge in [-0.05, 0) is 36.5 Å². The lowest BCUT2D eigenvalue weighted by Crippen LogP contribution is -2.29. The fraction of sp³-hybridized carbons (Fsp3) is 0.370. The van der Waals surface area contributed by atoms with Crippen LogP contribution in [0.5, 0.6) is 0 Å². The van der Waals surface area contributed by atoms with Gasteiger partial charge in [-0.2, -0.15) is 0 Å². The molecule has 9 nitrogen and oxygen atoms in total. The second kappa shape index (κ2) is 10.3. The molecule has 0 saturated heterocycles. The summed E-state index contributed by atoms with van der Waals surface area (Å²) >= 11 is 0. The Hall–Kier alpha value is -4.01. The van der Waals surface area contributed by atoms with Crippen molar-refractivity contribution in [3.05, 3.63) is 80.5 Å². The minimum atomic E-state index is -0.544. The number of hydrogen-bond donors (Lipinski definition) is 1. The monoisotopic (exact) mass is 489 g/mol. The van der Waals surface area contributed by atoms with Crippen LogP contribution < -0.4 is 16.6 Å².